The predicted octanol–water partition coefficient (Wildman–Crippen LogP) is 1.29. The second kappa shape index (κ2) is 4.57. The van der Waals surface area contributed by atoms with Gasteiger partial charge in [-0.1, -0.05) is 0 Å². The predicted molar refractivity (Wildman–Crippen MR) is 60.9 cm³/mol. The highest BCUT2D eigenvalue weighted by Crippen LogP contribution is 2.15. The van der Waals surface area contributed by atoms with Crippen LogP contribution in [0.5, 0.6) is 0 Å². The minimum Gasteiger partial charge on any atom is -0.367 e. The van der Waals surface area contributed by atoms with E-state index in [-0.39, 0.29) is 0 Å². The molecule has 2 heterocycles. The molecule has 0 aromatic carbocycles. The Kier molecular flexibility index (Phi) is 3.16. The fraction of sp³-hybridized carbons (Fsp3) is 0.636. The van der Waals surface area contributed by atoms with E-state index in [1.807, 2.05) is 13.1 Å². The number of aromatic nitrogens is 2. The summed E-state index contributed by atoms with van der Waals surface area (Å²) in [6.45, 7) is 4.38. The summed E-state index contributed by atoms with van der Waals surface area (Å²) >= 11 is 0. The van der Waals surface area contributed by atoms with Gasteiger partial charge in [-0.15, -0.1) is 0 Å². The fourth-order valence-electron chi connectivity index (χ4n) is 1.90. The quantitative estimate of drug-likeness (QED) is 0.791. The van der Waals surface area contributed by atoms with Crippen molar-refractivity contribution >= 4 is 5.82 Å². The number of likely N-dealkylation sites (tertiary alicyclic amines) is 1. The van der Waals surface area contributed by atoms with Crippen molar-refractivity contribution in [3.05, 3.63) is 18.1 Å². The Bertz CT molecular complexity index is 318. The first kappa shape index (κ1) is 10.4. The maximum atomic E-state index is 4.26. The highest BCUT2D eigenvalue weighted by Gasteiger charge is 2.16. The second-order valence-electron chi connectivity index (χ2n) is 4.28. The molecule has 1 aliphatic heterocycles. The summed E-state index contributed by atoms with van der Waals surface area (Å²) in [6.07, 6.45) is 5.84. The van der Waals surface area contributed by atoms with Gasteiger partial charge in [0.1, 0.15) is 12.1 Å². The molecule has 0 radical (unpaired) electrons. The number of hydrogen-bond donors (Lipinski definition) is 1. The van der Waals surface area contributed by atoms with Crippen LogP contribution < -0.4 is 5.32 Å². The van der Waals surface area contributed by atoms with E-state index in [4.69, 9.17) is 0 Å². The number of aryl methyl sites for hydroxylation is 1. The Hall–Kier alpha value is -1.16. The molecule has 0 atom stereocenters. The van der Waals surface area contributed by atoms with Crippen LogP contribution in [0.25, 0.3) is 0 Å². The lowest BCUT2D eigenvalue weighted by molar-refractivity contribution is 0.263. The van der Waals surface area contributed by atoms with Gasteiger partial charge in [0, 0.05) is 17.8 Å². The van der Waals surface area contributed by atoms with E-state index in [0.717, 1.165) is 11.4 Å². The summed E-state index contributed by atoms with van der Waals surface area (Å²) in [5, 5.41) is 3.49. The lowest BCUT2D eigenvalue weighted by Crippen LogP contribution is -2.37. The van der Waals surface area contributed by atoms with E-state index in [9.17, 15) is 0 Å². The number of piperidine rings is 1. The third-order valence-corrected chi connectivity index (χ3v) is 2.95. The Morgan fingerprint density at radius 3 is 2.80 bits per heavy atom. The van der Waals surface area contributed by atoms with E-state index in [1.54, 1.807) is 6.33 Å². The van der Waals surface area contributed by atoms with Crippen molar-refractivity contribution in [2.24, 2.45) is 0 Å². The maximum Gasteiger partial charge on any atom is 0.132 e. The second-order valence-corrected chi connectivity index (χ2v) is 4.28. The Balaban J connectivity index is 1.95. The van der Waals surface area contributed by atoms with Gasteiger partial charge in [0.15, 0.2) is 0 Å². The zero-order valence-corrected chi connectivity index (χ0v) is 9.40. The first-order valence-electron chi connectivity index (χ1n) is 5.47. The molecular weight excluding hydrogens is 188 g/mol. The number of hydrogen-bond acceptors (Lipinski definition) is 4. The van der Waals surface area contributed by atoms with Gasteiger partial charge in [0.2, 0.25) is 0 Å². The summed E-state index contributed by atoms with van der Waals surface area (Å²) in [7, 11) is 2.17. The molecule has 0 spiro atoms. The SMILES string of the molecule is Cc1cncnc1NC1CCN(C)CC1. The van der Waals surface area contributed by atoms with Crippen molar-refractivity contribution < 1.29 is 0 Å². The lowest BCUT2D eigenvalue weighted by Gasteiger charge is -2.30. The smallest absolute Gasteiger partial charge is 0.132 e. The van der Waals surface area contributed by atoms with Crippen LogP contribution in [0.1, 0.15) is 18.4 Å². The molecule has 82 valence electrons. The van der Waals surface area contributed by atoms with Gasteiger partial charge in [-0.05, 0) is 39.9 Å². The fourth-order valence-corrected chi connectivity index (χ4v) is 1.90. The van der Waals surface area contributed by atoms with Gasteiger partial charge < -0.3 is 10.2 Å². The van der Waals surface area contributed by atoms with Crippen molar-refractivity contribution in [3.63, 3.8) is 0 Å². The average Bonchev–Trinajstić information content (AvgIpc) is 2.25. The molecule has 1 saturated heterocycles. The van der Waals surface area contributed by atoms with Crippen LogP contribution in [-0.4, -0.2) is 41.0 Å². The average molecular weight is 206 g/mol. The Morgan fingerprint density at radius 1 is 1.40 bits per heavy atom. The molecule has 1 aromatic heterocycles. The van der Waals surface area contributed by atoms with Gasteiger partial charge in [-0.25, -0.2) is 9.97 Å². The van der Waals surface area contributed by atoms with Crippen molar-refractivity contribution in [1.29, 1.82) is 0 Å². The molecule has 1 aromatic rings. The first-order chi connectivity index (χ1) is 7.25. The molecule has 0 saturated carbocycles. The summed E-state index contributed by atoms with van der Waals surface area (Å²) in [5.74, 6) is 0.986. The molecule has 1 N–H and O–H groups in total. The van der Waals surface area contributed by atoms with E-state index < -0.39 is 0 Å². The molecule has 2 rings (SSSR count). The molecule has 4 heteroatoms. The zero-order valence-electron chi connectivity index (χ0n) is 9.40. The van der Waals surface area contributed by atoms with Crippen molar-refractivity contribution in [3.8, 4) is 0 Å². The highest BCUT2D eigenvalue weighted by molar-refractivity contribution is 5.41. The summed E-state index contributed by atoms with van der Waals surface area (Å²) in [5.41, 5.74) is 1.12. The number of rotatable bonds is 2. The maximum absolute atomic E-state index is 4.26. The van der Waals surface area contributed by atoms with Gasteiger partial charge in [0.25, 0.3) is 0 Å². The minimum atomic E-state index is 0.565. The van der Waals surface area contributed by atoms with Crippen LogP contribution >= 0.6 is 0 Å². The molecule has 0 unspecified atom stereocenters. The Labute approximate surface area is 90.7 Å². The molecular formula is C11H18N4. The van der Waals surface area contributed by atoms with Crippen LogP contribution in [0.2, 0.25) is 0 Å². The van der Waals surface area contributed by atoms with Crippen molar-refractivity contribution in [2.75, 3.05) is 25.5 Å². The molecule has 1 aliphatic rings. The standard InChI is InChI=1S/C11H18N4/c1-9-7-12-8-13-11(9)14-10-3-5-15(2)6-4-10/h7-8,10H,3-6H2,1-2H3,(H,12,13,14). The third-order valence-electron chi connectivity index (χ3n) is 2.95. The summed E-state index contributed by atoms with van der Waals surface area (Å²) in [4.78, 5) is 10.6. The van der Waals surface area contributed by atoms with Crippen LogP contribution in [-0.2, 0) is 0 Å². The number of nitrogens with one attached hydrogen (secondary N) is 1. The van der Waals surface area contributed by atoms with E-state index in [0.29, 0.717) is 6.04 Å². The van der Waals surface area contributed by atoms with Crippen molar-refractivity contribution in [1.82, 2.24) is 14.9 Å². The highest BCUT2D eigenvalue weighted by atomic mass is 15.1. The molecule has 0 aliphatic carbocycles. The van der Waals surface area contributed by atoms with Crippen LogP contribution in [0.3, 0.4) is 0 Å². The van der Waals surface area contributed by atoms with Crippen LogP contribution in [0.15, 0.2) is 12.5 Å². The van der Waals surface area contributed by atoms with Gasteiger partial charge in [0.05, 0.1) is 0 Å². The van der Waals surface area contributed by atoms with Gasteiger partial charge >= 0.3 is 0 Å². The molecule has 15 heavy (non-hydrogen) atoms. The normalized spacial score (nSPS) is 19.1. The molecule has 0 bridgehead atoms. The summed E-state index contributed by atoms with van der Waals surface area (Å²) in [6, 6.07) is 0.565. The van der Waals surface area contributed by atoms with E-state index >= 15 is 0 Å². The minimum absolute atomic E-state index is 0.565. The van der Waals surface area contributed by atoms with Gasteiger partial charge in [-0.3, -0.25) is 0 Å². The summed E-state index contributed by atoms with van der Waals surface area (Å²) < 4.78 is 0. The Morgan fingerprint density at radius 2 is 2.13 bits per heavy atom. The molecule has 1 fully saturated rings. The zero-order chi connectivity index (χ0) is 10.7. The van der Waals surface area contributed by atoms with Crippen LogP contribution in [0.4, 0.5) is 5.82 Å². The first-order valence-corrected chi connectivity index (χ1v) is 5.47. The third kappa shape index (κ3) is 2.65. The number of anilines is 1. The molecule has 4 nitrogen and oxygen atoms in total. The largest absolute Gasteiger partial charge is 0.367 e. The van der Waals surface area contributed by atoms with E-state index in [1.165, 1.54) is 25.9 Å². The van der Waals surface area contributed by atoms with Crippen LogP contribution in [0, 0.1) is 6.92 Å². The topological polar surface area (TPSA) is 41.1 Å². The van der Waals surface area contributed by atoms with Crippen molar-refractivity contribution in [2.45, 2.75) is 25.8 Å². The monoisotopic (exact) mass is 206 g/mol. The lowest BCUT2D eigenvalue weighted by atomic mass is 10.1. The van der Waals surface area contributed by atoms with Gasteiger partial charge in [-0.2, -0.15) is 0 Å². The molecule has 0 amide bonds. The number of nitrogens with zero attached hydrogens (tertiary/aromatic N) is 3. The van der Waals surface area contributed by atoms with E-state index in [2.05, 4.69) is 27.2 Å².